The molecular formula is C14H22N2O3. The molecule has 2 rings (SSSR count). The second-order valence-electron chi connectivity index (χ2n) is 4.83. The third-order valence-electron chi connectivity index (χ3n) is 3.04. The van der Waals surface area contributed by atoms with Crippen LogP contribution in [0, 0.1) is 0 Å². The van der Waals surface area contributed by atoms with Crippen LogP contribution >= 0.6 is 0 Å². The third kappa shape index (κ3) is 3.58. The fourth-order valence-electron chi connectivity index (χ4n) is 2.26. The van der Waals surface area contributed by atoms with E-state index in [9.17, 15) is 5.11 Å². The highest BCUT2D eigenvalue weighted by Crippen LogP contribution is 2.28. The molecule has 2 unspecified atom stereocenters. The fourth-order valence-corrected chi connectivity index (χ4v) is 2.26. The maximum Gasteiger partial charge on any atom is 0.171 e. The highest BCUT2D eigenvalue weighted by molar-refractivity contribution is 5.52. The van der Waals surface area contributed by atoms with Crippen LogP contribution < -0.4 is 9.64 Å². The molecule has 1 fully saturated rings. The van der Waals surface area contributed by atoms with Crippen LogP contribution in [-0.4, -0.2) is 48.6 Å². The Hall–Kier alpha value is -1.33. The second kappa shape index (κ2) is 6.73. The molecule has 1 saturated heterocycles. The fraction of sp³-hybridized carbons (Fsp3) is 0.643. The normalized spacial score (nSPS) is 23.4. The van der Waals surface area contributed by atoms with Crippen molar-refractivity contribution in [2.45, 2.75) is 32.5 Å². The van der Waals surface area contributed by atoms with Gasteiger partial charge in [-0.3, -0.25) is 0 Å². The van der Waals surface area contributed by atoms with Gasteiger partial charge >= 0.3 is 0 Å². The molecule has 0 radical (unpaired) electrons. The Morgan fingerprint density at radius 2 is 2.37 bits per heavy atom. The summed E-state index contributed by atoms with van der Waals surface area (Å²) in [6.07, 6.45) is 2.65. The first-order valence-corrected chi connectivity index (χ1v) is 6.83. The lowest BCUT2D eigenvalue weighted by atomic mass is 10.2. The number of rotatable bonds is 5. The molecule has 5 nitrogen and oxygen atoms in total. The predicted octanol–water partition coefficient (Wildman–Crippen LogP) is 1.46. The van der Waals surface area contributed by atoms with E-state index in [0.29, 0.717) is 13.2 Å². The number of hydrogen-bond acceptors (Lipinski definition) is 5. The molecular weight excluding hydrogens is 244 g/mol. The molecule has 19 heavy (non-hydrogen) atoms. The number of anilines is 1. The van der Waals surface area contributed by atoms with Crippen LogP contribution in [-0.2, 0) is 4.74 Å². The Bertz CT molecular complexity index is 400. The van der Waals surface area contributed by atoms with Gasteiger partial charge in [0.05, 0.1) is 25.4 Å². The van der Waals surface area contributed by atoms with Gasteiger partial charge in [0.2, 0.25) is 0 Å². The van der Waals surface area contributed by atoms with E-state index in [-0.39, 0.29) is 18.8 Å². The molecule has 2 atom stereocenters. The van der Waals surface area contributed by atoms with Gasteiger partial charge in [-0.05, 0) is 25.5 Å². The number of aromatic nitrogens is 1. The Morgan fingerprint density at radius 1 is 1.53 bits per heavy atom. The van der Waals surface area contributed by atoms with Gasteiger partial charge in [-0.2, -0.15) is 0 Å². The molecule has 0 saturated carbocycles. The van der Waals surface area contributed by atoms with E-state index < -0.39 is 0 Å². The standard InChI is InChI=1S/C14H22N2O3/c1-3-7-18-13-5-4-6-15-14(13)16-8-11(2)19-12(9-16)10-17/h4-6,11-12,17H,3,7-10H2,1-2H3. The molecule has 2 heterocycles. The number of ether oxygens (including phenoxy) is 2. The summed E-state index contributed by atoms with van der Waals surface area (Å²) >= 11 is 0. The van der Waals surface area contributed by atoms with Crippen LogP contribution in [0.15, 0.2) is 18.3 Å². The van der Waals surface area contributed by atoms with Gasteiger partial charge in [0.1, 0.15) is 0 Å². The number of pyridine rings is 1. The number of aliphatic hydroxyl groups is 1. The molecule has 1 aromatic heterocycles. The summed E-state index contributed by atoms with van der Waals surface area (Å²) in [5, 5.41) is 9.28. The minimum Gasteiger partial charge on any atom is -0.490 e. The van der Waals surface area contributed by atoms with E-state index in [2.05, 4.69) is 16.8 Å². The summed E-state index contributed by atoms with van der Waals surface area (Å²) in [7, 11) is 0. The van der Waals surface area contributed by atoms with Gasteiger partial charge in [-0.25, -0.2) is 4.98 Å². The first-order valence-electron chi connectivity index (χ1n) is 6.83. The lowest BCUT2D eigenvalue weighted by Gasteiger charge is -2.37. The zero-order valence-electron chi connectivity index (χ0n) is 11.6. The number of aliphatic hydroxyl groups excluding tert-OH is 1. The van der Waals surface area contributed by atoms with Crippen molar-refractivity contribution in [3.05, 3.63) is 18.3 Å². The van der Waals surface area contributed by atoms with Crippen molar-refractivity contribution in [1.82, 2.24) is 4.98 Å². The van der Waals surface area contributed by atoms with Crippen molar-refractivity contribution < 1.29 is 14.6 Å². The number of hydrogen-bond donors (Lipinski definition) is 1. The van der Waals surface area contributed by atoms with Crippen molar-refractivity contribution >= 4 is 5.82 Å². The summed E-state index contributed by atoms with van der Waals surface area (Å²) in [5.41, 5.74) is 0. The molecule has 1 aliphatic rings. The molecule has 0 aliphatic carbocycles. The smallest absolute Gasteiger partial charge is 0.171 e. The summed E-state index contributed by atoms with van der Waals surface area (Å²) in [5.74, 6) is 1.64. The zero-order chi connectivity index (χ0) is 13.7. The monoisotopic (exact) mass is 266 g/mol. The SMILES string of the molecule is CCCOc1cccnc1N1CC(C)OC(CO)C1. The van der Waals surface area contributed by atoms with E-state index in [4.69, 9.17) is 9.47 Å². The Morgan fingerprint density at radius 3 is 3.11 bits per heavy atom. The Balaban J connectivity index is 2.15. The van der Waals surface area contributed by atoms with Gasteiger partial charge in [0.25, 0.3) is 0 Å². The van der Waals surface area contributed by atoms with Crippen LogP contribution in [0.2, 0.25) is 0 Å². The molecule has 1 N–H and O–H groups in total. The average Bonchev–Trinajstić information content (AvgIpc) is 2.44. The molecule has 106 valence electrons. The third-order valence-corrected chi connectivity index (χ3v) is 3.04. The number of morpholine rings is 1. The largest absolute Gasteiger partial charge is 0.490 e. The van der Waals surface area contributed by atoms with Gasteiger partial charge in [0.15, 0.2) is 11.6 Å². The quantitative estimate of drug-likeness (QED) is 0.874. The highest BCUT2D eigenvalue weighted by atomic mass is 16.5. The van der Waals surface area contributed by atoms with Gasteiger partial charge < -0.3 is 19.5 Å². The van der Waals surface area contributed by atoms with E-state index in [1.54, 1.807) is 6.20 Å². The summed E-state index contributed by atoms with van der Waals surface area (Å²) in [6, 6.07) is 3.81. The van der Waals surface area contributed by atoms with E-state index >= 15 is 0 Å². The summed E-state index contributed by atoms with van der Waals surface area (Å²) in [6.45, 7) is 6.19. The lowest BCUT2D eigenvalue weighted by Crippen LogP contribution is -2.48. The van der Waals surface area contributed by atoms with Gasteiger partial charge in [-0.1, -0.05) is 6.92 Å². The van der Waals surface area contributed by atoms with Crippen LogP contribution in [0.1, 0.15) is 20.3 Å². The van der Waals surface area contributed by atoms with E-state index in [0.717, 1.165) is 24.5 Å². The minimum absolute atomic E-state index is 0.0266. The van der Waals surface area contributed by atoms with Crippen molar-refractivity contribution in [1.29, 1.82) is 0 Å². The average molecular weight is 266 g/mol. The van der Waals surface area contributed by atoms with Gasteiger partial charge in [0, 0.05) is 19.3 Å². The van der Waals surface area contributed by atoms with E-state index in [1.165, 1.54) is 0 Å². The molecule has 5 heteroatoms. The Labute approximate surface area is 114 Å². The second-order valence-corrected chi connectivity index (χ2v) is 4.83. The molecule has 0 bridgehead atoms. The van der Waals surface area contributed by atoms with Crippen LogP contribution in [0.25, 0.3) is 0 Å². The first kappa shape index (κ1) is 14.1. The van der Waals surface area contributed by atoms with Crippen molar-refractivity contribution in [3.8, 4) is 5.75 Å². The maximum atomic E-state index is 9.28. The molecule has 1 aromatic rings. The molecule has 0 aromatic carbocycles. The van der Waals surface area contributed by atoms with Crippen LogP contribution in [0.3, 0.4) is 0 Å². The van der Waals surface area contributed by atoms with Crippen molar-refractivity contribution in [3.63, 3.8) is 0 Å². The van der Waals surface area contributed by atoms with E-state index in [1.807, 2.05) is 19.1 Å². The lowest BCUT2D eigenvalue weighted by molar-refractivity contribution is -0.0424. The van der Waals surface area contributed by atoms with Gasteiger partial charge in [-0.15, -0.1) is 0 Å². The first-order chi connectivity index (χ1) is 9.24. The van der Waals surface area contributed by atoms with Crippen LogP contribution in [0.4, 0.5) is 5.82 Å². The van der Waals surface area contributed by atoms with Crippen LogP contribution in [0.5, 0.6) is 5.75 Å². The Kier molecular flexibility index (Phi) is 4.99. The molecule has 0 spiro atoms. The highest BCUT2D eigenvalue weighted by Gasteiger charge is 2.27. The predicted molar refractivity (Wildman–Crippen MR) is 73.7 cm³/mol. The summed E-state index contributed by atoms with van der Waals surface area (Å²) in [4.78, 5) is 6.55. The summed E-state index contributed by atoms with van der Waals surface area (Å²) < 4.78 is 11.4. The van der Waals surface area contributed by atoms with Crippen molar-refractivity contribution in [2.75, 3.05) is 31.2 Å². The maximum absolute atomic E-state index is 9.28. The topological polar surface area (TPSA) is 54.8 Å². The zero-order valence-corrected chi connectivity index (χ0v) is 11.6. The molecule has 0 amide bonds. The number of nitrogens with zero attached hydrogens (tertiary/aromatic N) is 2. The van der Waals surface area contributed by atoms with Crippen molar-refractivity contribution in [2.24, 2.45) is 0 Å². The molecule has 1 aliphatic heterocycles. The minimum atomic E-state index is -0.162.